The molecule has 1 atom stereocenters. The van der Waals surface area contributed by atoms with Crippen molar-refractivity contribution in [2.75, 3.05) is 26.4 Å². The van der Waals surface area contributed by atoms with Gasteiger partial charge >= 0.3 is 0 Å². The minimum Gasteiger partial charge on any atom is -0.394 e. The zero-order valence-electron chi connectivity index (χ0n) is 11.2. The van der Waals surface area contributed by atoms with E-state index in [2.05, 4.69) is 5.32 Å². The van der Waals surface area contributed by atoms with Gasteiger partial charge in [-0.05, 0) is 55.5 Å². The molecule has 0 saturated heterocycles. The van der Waals surface area contributed by atoms with Crippen LogP contribution < -0.4 is 5.32 Å². The number of ether oxygens (including phenoxy) is 1. The molecule has 0 saturated carbocycles. The molecule has 4 heteroatoms. The Labute approximate surface area is 113 Å². The van der Waals surface area contributed by atoms with Crippen molar-refractivity contribution in [2.24, 2.45) is 0 Å². The number of hydrogen-bond donors (Lipinski definition) is 2. The van der Waals surface area contributed by atoms with Crippen molar-refractivity contribution >= 4 is 0 Å². The van der Waals surface area contributed by atoms with Gasteiger partial charge in [0, 0.05) is 12.6 Å². The topological polar surface area (TPSA) is 41.5 Å². The van der Waals surface area contributed by atoms with E-state index < -0.39 is 0 Å². The first-order valence-electron chi connectivity index (χ1n) is 7.01. The number of aryl methyl sites for hydroxylation is 1. The summed E-state index contributed by atoms with van der Waals surface area (Å²) in [5.41, 5.74) is 2.38. The molecule has 0 heterocycles. The van der Waals surface area contributed by atoms with Gasteiger partial charge in [0.2, 0.25) is 0 Å². The average Bonchev–Trinajstić information content (AvgIpc) is 2.43. The van der Waals surface area contributed by atoms with E-state index in [1.54, 1.807) is 12.1 Å². The quantitative estimate of drug-likeness (QED) is 0.744. The van der Waals surface area contributed by atoms with E-state index in [9.17, 15) is 4.39 Å². The van der Waals surface area contributed by atoms with E-state index in [4.69, 9.17) is 9.84 Å². The van der Waals surface area contributed by atoms with Crippen LogP contribution in [0.3, 0.4) is 0 Å². The molecule has 19 heavy (non-hydrogen) atoms. The lowest BCUT2D eigenvalue weighted by Crippen LogP contribution is -2.27. The number of rotatable bonds is 7. The number of aliphatic hydroxyl groups is 1. The second-order valence-electron chi connectivity index (χ2n) is 4.93. The van der Waals surface area contributed by atoms with Crippen LogP contribution in [0.25, 0.3) is 0 Å². The summed E-state index contributed by atoms with van der Waals surface area (Å²) < 4.78 is 18.5. The van der Waals surface area contributed by atoms with Crippen molar-refractivity contribution in [1.82, 2.24) is 5.32 Å². The smallest absolute Gasteiger partial charge is 0.123 e. The lowest BCUT2D eigenvalue weighted by Gasteiger charge is -2.26. The maximum atomic E-state index is 13.3. The molecule has 0 fully saturated rings. The van der Waals surface area contributed by atoms with Crippen LogP contribution in [0.15, 0.2) is 18.2 Å². The van der Waals surface area contributed by atoms with Crippen molar-refractivity contribution in [2.45, 2.75) is 31.7 Å². The van der Waals surface area contributed by atoms with Crippen LogP contribution in [-0.4, -0.2) is 31.5 Å². The Bertz CT molecular complexity index is 398. The van der Waals surface area contributed by atoms with Gasteiger partial charge in [0.25, 0.3) is 0 Å². The molecule has 1 unspecified atom stereocenters. The molecule has 106 valence electrons. The molecule has 1 aliphatic rings. The molecule has 2 N–H and O–H groups in total. The molecule has 0 aromatic heterocycles. The lowest BCUT2D eigenvalue weighted by atomic mass is 9.87. The van der Waals surface area contributed by atoms with Crippen LogP contribution in [-0.2, 0) is 11.2 Å². The summed E-state index contributed by atoms with van der Waals surface area (Å²) in [6.45, 7) is 1.97. The van der Waals surface area contributed by atoms with Crippen molar-refractivity contribution in [1.29, 1.82) is 0 Å². The number of halogens is 1. The highest BCUT2D eigenvalue weighted by Crippen LogP contribution is 2.30. The largest absolute Gasteiger partial charge is 0.394 e. The van der Waals surface area contributed by atoms with E-state index in [0.29, 0.717) is 13.2 Å². The molecule has 0 radical (unpaired) electrons. The number of aliphatic hydroxyl groups excluding tert-OH is 1. The van der Waals surface area contributed by atoms with E-state index in [1.165, 1.54) is 5.56 Å². The monoisotopic (exact) mass is 267 g/mol. The van der Waals surface area contributed by atoms with Gasteiger partial charge in [-0.1, -0.05) is 6.07 Å². The van der Waals surface area contributed by atoms with Crippen molar-refractivity contribution < 1.29 is 14.2 Å². The third-order valence-electron chi connectivity index (χ3n) is 3.51. The highest BCUT2D eigenvalue weighted by molar-refractivity contribution is 5.32. The molecule has 3 nitrogen and oxygen atoms in total. The number of nitrogens with one attached hydrogen (secondary N) is 1. The molecular formula is C15H22FNO2. The van der Waals surface area contributed by atoms with Crippen molar-refractivity contribution in [3.05, 3.63) is 35.1 Å². The standard InChI is InChI=1S/C15H22FNO2/c16-13-6-5-12-3-1-4-15(14(12)11-13)17-7-2-9-19-10-8-18/h5-6,11,15,17-18H,1-4,7-10H2. The van der Waals surface area contributed by atoms with Gasteiger partial charge in [0.1, 0.15) is 5.82 Å². The average molecular weight is 267 g/mol. The minimum atomic E-state index is -0.154. The Hall–Kier alpha value is -0.970. The Morgan fingerprint density at radius 2 is 2.26 bits per heavy atom. The highest BCUT2D eigenvalue weighted by atomic mass is 19.1. The first kappa shape index (κ1) is 14.4. The van der Waals surface area contributed by atoms with Gasteiger partial charge in [0.05, 0.1) is 13.2 Å². The van der Waals surface area contributed by atoms with Crippen LogP contribution in [0.2, 0.25) is 0 Å². The summed E-state index contributed by atoms with van der Waals surface area (Å²) in [7, 11) is 0. The fraction of sp³-hybridized carbons (Fsp3) is 0.600. The molecule has 1 aromatic rings. The lowest BCUT2D eigenvalue weighted by molar-refractivity contribution is 0.0903. The van der Waals surface area contributed by atoms with Gasteiger partial charge in [-0.25, -0.2) is 4.39 Å². The third kappa shape index (κ3) is 4.27. The third-order valence-corrected chi connectivity index (χ3v) is 3.51. The fourth-order valence-corrected chi connectivity index (χ4v) is 2.60. The molecule has 1 aromatic carbocycles. The van der Waals surface area contributed by atoms with E-state index in [0.717, 1.165) is 37.8 Å². The maximum absolute atomic E-state index is 13.3. The highest BCUT2D eigenvalue weighted by Gasteiger charge is 2.19. The van der Waals surface area contributed by atoms with Gasteiger partial charge in [-0.2, -0.15) is 0 Å². The molecule has 0 bridgehead atoms. The molecule has 2 rings (SSSR count). The number of benzene rings is 1. The van der Waals surface area contributed by atoms with Crippen molar-refractivity contribution in [3.63, 3.8) is 0 Å². The van der Waals surface area contributed by atoms with Crippen LogP contribution in [0.5, 0.6) is 0 Å². The Morgan fingerprint density at radius 1 is 1.37 bits per heavy atom. The first-order valence-corrected chi connectivity index (χ1v) is 7.01. The Balaban J connectivity index is 1.80. The maximum Gasteiger partial charge on any atom is 0.123 e. The Morgan fingerprint density at radius 3 is 3.11 bits per heavy atom. The number of fused-ring (bicyclic) bond motifs is 1. The Kier molecular flexibility index (Phi) is 5.76. The number of hydrogen-bond acceptors (Lipinski definition) is 3. The first-order chi connectivity index (χ1) is 9.31. The summed E-state index contributed by atoms with van der Waals surface area (Å²) in [5, 5.41) is 12.1. The summed E-state index contributed by atoms with van der Waals surface area (Å²) >= 11 is 0. The van der Waals surface area contributed by atoms with Gasteiger partial charge in [0.15, 0.2) is 0 Å². The zero-order valence-corrected chi connectivity index (χ0v) is 11.2. The van der Waals surface area contributed by atoms with Gasteiger partial charge in [-0.3, -0.25) is 0 Å². The second-order valence-corrected chi connectivity index (χ2v) is 4.93. The van der Waals surface area contributed by atoms with Gasteiger partial charge in [-0.15, -0.1) is 0 Å². The van der Waals surface area contributed by atoms with Crippen LogP contribution in [0.4, 0.5) is 4.39 Å². The van der Waals surface area contributed by atoms with E-state index in [1.807, 2.05) is 6.07 Å². The molecule has 0 amide bonds. The molecule has 1 aliphatic carbocycles. The summed E-state index contributed by atoms with van der Waals surface area (Å²) in [5.74, 6) is -0.154. The van der Waals surface area contributed by atoms with Crippen LogP contribution in [0.1, 0.15) is 36.4 Å². The zero-order chi connectivity index (χ0) is 13.5. The van der Waals surface area contributed by atoms with Crippen LogP contribution >= 0.6 is 0 Å². The minimum absolute atomic E-state index is 0.0721. The second kappa shape index (κ2) is 7.58. The van der Waals surface area contributed by atoms with E-state index >= 15 is 0 Å². The molecule has 0 spiro atoms. The SMILES string of the molecule is OCCOCCCNC1CCCc2ccc(F)cc21. The molecule has 0 aliphatic heterocycles. The van der Waals surface area contributed by atoms with Crippen molar-refractivity contribution in [3.8, 4) is 0 Å². The summed E-state index contributed by atoms with van der Waals surface area (Å²) in [6, 6.07) is 5.37. The predicted octanol–water partition coefficient (Wildman–Crippen LogP) is 2.19. The van der Waals surface area contributed by atoms with Crippen LogP contribution in [0, 0.1) is 5.82 Å². The van der Waals surface area contributed by atoms with E-state index in [-0.39, 0.29) is 18.5 Å². The summed E-state index contributed by atoms with van der Waals surface area (Å²) in [4.78, 5) is 0. The predicted molar refractivity (Wildman–Crippen MR) is 72.6 cm³/mol. The summed E-state index contributed by atoms with van der Waals surface area (Å²) in [6.07, 6.45) is 4.17. The normalized spacial score (nSPS) is 18.3. The van der Waals surface area contributed by atoms with Gasteiger partial charge < -0.3 is 15.2 Å². The fourth-order valence-electron chi connectivity index (χ4n) is 2.60. The molecular weight excluding hydrogens is 245 g/mol.